The van der Waals surface area contributed by atoms with E-state index in [9.17, 15) is 4.39 Å². The van der Waals surface area contributed by atoms with Crippen molar-refractivity contribution < 1.29 is 18.8 Å². The number of halogens is 1. The maximum absolute atomic E-state index is 12.9. The van der Waals surface area contributed by atoms with Gasteiger partial charge in [-0.1, -0.05) is 12.1 Å². The first-order chi connectivity index (χ1) is 8.72. The molecule has 1 heterocycles. The number of aliphatic hydroxyl groups excluding tert-OH is 1. The van der Waals surface area contributed by atoms with Crippen LogP contribution in [0.25, 0.3) is 0 Å². The molecule has 0 saturated carbocycles. The van der Waals surface area contributed by atoms with Gasteiger partial charge in [0.05, 0.1) is 6.61 Å². The summed E-state index contributed by atoms with van der Waals surface area (Å²) >= 11 is 0. The van der Waals surface area contributed by atoms with E-state index >= 15 is 0 Å². The molecular weight excluding hydrogens is 239 g/mol. The van der Waals surface area contributed by atoms with Gasteiger partial charge in [-0.15, -0.1) is 0 Å². The molecule has 0 saturated heterocycles. The van der Waals surface area contributed by atoms with Crippen molar-refractivity contribution in [2.24, 2.45) is 0 Å². The second-order valence-corrected chi connectivity index (χ2v) is 3.66. The highest BCUT2D eigenvalue weighted by Crippen LogP contribution is 2.20. The lowest BCUT2D eigenvalue weighted by molar-refractivity contribution is 0.228. The fraction of sp³-hybridized carbons (Fsp3) is 0.333. The maximum atomic E-state index is 12.9. The first kappa shape index (κ1) is 12.5. The Morgan fingerprint density at radius 3 is 2.94 bits per heavy atom. The number of ether oxygens (including phenoxy) is 1. The van der Waals surface area contributed by atoms with E-state index in [-0.39, 0.29) is 13.2 Å². The van der Waals surface area contributed by atoms with Crippen molar-refractivity contribution >= 4 is 0 Å². The number of aliphatic hydroxyl groups is 1. The Bertz CT molecular complexity index is 528. The van der Waals surface area contributed by atoms with Gasteiger partial charge in [0.2, 0.25) is 0 Å². The number of rotatable bonds is 5. The van der Waals surface area contributed by atoms with Gasteiger partial charge in [0.25, 0.3) is 5.89 Å². The number of hydrogen-bond donors (Lipinski definition) is 1. The monoisotopic (exact) mass is 252 g/mol. The minimum Gasteiger partial charge on any atom is -0.483 e. The molecular formula is C12H13FN2O3. The van der Waals surface area contributed by atoms with E-state index in [2.05, 4.69) is 10.1 Å². The van der Waals surface area contributed by atoms with Crippen molar-refractivity contribution in [3.8, 4) is 5.75 Å². The van der Waals surface area contributed by atoms with E-state index in [0.29, 0.717) is 29.4 Å². The first-order valence-electron chi connectivity index (χ1n) is 5.56. The summed E-state index contributed by atoms with van der Waals surface area (Å²) in [6.45, 7) is 1.71. The molecule has 1 aromatic heterocycles. The quantitative estimate of drug-likeness (QED) is 0.879. The molecule has 96 valence electrons. The van der Waals surface area contributed by atoms with Gasteiger partial charge in [0.1, 0.15) is 11.6 Å². The molecule has 0 radical (unpaired) electrons. The van der Waals surface area contributed by atoms with Crippen LogP contribution in [0.3, 0.4) is 0 Å². The SMILES string of the molecule is CCc1noc(COc2ccc(F)cc2CO)n1. The van der Waals surface area contributed by atoms with Crippen molar-refractivity contribution in [1.82, 2.24) is 10.1 Å². The number of hydrogen-bond acceptors (Lipinski definition) is 5. The predicted octanol–water partition coefficient (Wildman–Crippen LogP) is 1.84. The molecule has 0 atom stereocenters. The van der Waals surface area contributed by atoms with Gasteiger partial charge >= 0.3 is 0 Å². The molecule has 0 amide bonds. The van der Waals surface area contributed by atoms with Gasteiger partial charge in [0, 0.05) is 12.0 Å². The standard InChI is InChI=1S/C12H13FN2O3/c1-2-11-14-12(18-15-11)7-17-10-4-3-9(13)5-8(10)6-16/h3-5,16H,2,6-7H2,1H3. The van der Waals surface area contributed by atoms with Crippen LogP contribution in [-0.2, 0) is 19.6 Å². The van der Waals surface area contributed by atoms with Crippen LogP contribution in [0.4, 0.5) is 4.39 Å². The van der Waals surface area contributed by atoms with Crippen LogP contribution in [-0.4, -0.2) is 15.2 Å². The molecule has 0 aliphatic rings. The molecule has 0 aliphatic heterocycles. The van der Waals surface area contributed by atoms with Crippen molar-refractivity contribution in [2.75, 3.05) is 0 Å². The van der Waals surface area contributed by atoms with Gasteiger partial charge in [-0.3, -0.25) is 0 Å². The third-order valence-electron chi connectivity index (χ3n) is 2.37. The lowest BCUT2D eigenvalue weighted by atomic mass is 10.2. The fourth-order valence-corrected chi connectivity index (χ4v) is 1.44. The van der Waals surface area contributed by atoms with Crippen LogP contribution >= 0.6 is 0 Å². The molecule has 2 aromatic rings. The third-order valence-corrected chi connectivity index (χ3v) is 2.37. The molecule has 18 heavy (non-hydrogen) atoms. The van der Waals surface area contributed by atoms with E-state index in [1.54, 1.807) is 0 Å². The summed E-state index contributed by atoms with van der Waals surface area (Å²) in [6, 6.07) is 3.94. The fourth-order valence-electron chi connectivity index (χ4n) is 1.44. The highest BCUT2D eigenvalue weighted by atomic mass is 19.1. The zero-order chi connectivity index (χ0) is 13.0. The average molecular weight is 252 g/mol. The van der Waals surface area contributed by atoms with Crippen LogP contribution in [0.5, 0.6) is 5.75 Å². The van der Waals surface area contributed by atoms with Crippen molar-refractivity contribution in [2.45, 2.75) is 26.6 Å². The number of benzene rings is 1. The summed E-state index contributed by atoms with van der Waals surface area (Å²) < 4.78 is 23.3. The Kier molecular flexibility index (Phi) is 3.88. The summed E-state index contributed by atoms with van der Waals surface area (Å²) in [6.07, 6.45) is 0.682. The Morgan fingerprint density at radius 1 is 1.44 bits per heavy atom. The average Bonchev–Trinajstić information content (AvgIpc) is 2.85. The number of aryl methyl sites for hydroxylation is 1. The molecule has 1 N–H and O–H groups in total. The van der Waals surface area contributed by atoms with Crippen LogP contribution in [0.15, 0.2) is 22.7 Å². The second kappa shape index (κ2) is 5.59. The molecule has 0 spiro atoms. The molecule has 5 nitrogen and oxygen atoms in total. The summed E-state index contributed by atoms with van der Waals surface area (Å²) in [7, 11) is 0. The van der Waals surface area contributed by atoms with E-state index in [4.69, 9.17) is 14.4 Å². The van der Waals surface area contributed by atoms with Gasteiger partial charge in [-0.2, -0.15) is 4.98 Å². The van der Waals surface area contributed by atoms with E-state index in [1.165, 1.54) is 18.2 Å². The summed E-state index contributed by atoms with van der Waals surface area (Å²) in [4.78, 5) is 4.08. The Balaban J connectivity index is 2.05. The smallest absolute Gasteiger partial charge is 0.264 e. The maximum Gasteiger partial charge on any atom is 0.264 e. The minimum absolute atomic E-state index is 0.0889. The highest BCUT2D eigenvalue weighted by Gasteiger charge is 2.08. The Morgan fingerprint density at radius 2 is 2.28 bits per heavy atom. The topological polar surface area (TPSA) is 68.4 Å². The van der Waals surface area contributed by atoms with Gasteiger partial charge < -0.3 is 14.4 Å². The van der Waals surface area contributed by atoms with Crippen LogP contribution in [0.1, 0.15) is 24.2 Å². The molecule has 0 bridgehead atoms. The Hall–Kier alpha value is -1.95. The number of nitrogens with zero attached hydrogens (tertiary/aromatic N) is 2. The van der Waals surface area contributed by atoms with Crippen molar-refractivity contribution in [1.29, 1.82) is 0 Å². The van der Waals surface area contributed by atoms with E-state index in [0.717, 1.165) is 0 Å². The normalized spacial score (nSPS) is 10.6. The van der Waals surface area contributed by atoms with Crippen molar-refractivity contribution in [3.63, 3.8) is 0 Å². The number of aromatic nitrogens is 2. The molecule has 0 unspecified atom stereocenters. The highest BCUT2D eigenvalue weighted by molar-refractivity contribution is 5.33. The van der Waals surface area contributed by atoms with E-state index < -0.39 is 5.82 Å². The van der Waals surface area contributed by atoms with Crippen LogP contribution in [0.2, 0.25) is 0 Å². The lowest BCUT2D eigenvalue weighted by Crippen LogP contribution is -2.00. The van der Waals surface area contributed by atoms with Crippen molar-refractivity contribution in [3.05, 3.63) is 41.3 Å². The molecule has 2 rings (SSSR count). The van der Waals surface area contributed by atoms with Crippen LogP contribution in [0, 0.1) is 5.82 Å². The van der Waals surface area contributed by atoms with E-state index in [1.807, 2.05) is 6.92 Å². The third kappa shape index (κ3) is 2.84. The lowest BCUT2D eigenvalue weighted by Gasteiger charge is -2.07. The zero-order valence-electron chi connectivity index (χ0n) is 9.89. The zero-order valence-corrected chi connectivity index (χ0v) is 9.89. The largest absolute Gasteiger partial charge is 0.483 e. The molecule has 0 aliphatic carbocycles. The second-order valence-electron chi connectivity index (χ2n) is 3.66. The van der Waals surface area contributed by atoms with Gasteiger partial charge in [-0.25, -0.2) is 4.39 Å². The molecule has 0 fully saturated rings. The minimum atomic E-state index is -0.419. The summed E-state index contributed by atoms with van der Waals surface area (Å²) in [5.74, 6) is 0.933. The van der Waals surface area contributed by atoms with Gasteiger partial charge in [0.15, 0.2) is 12.4 Å². The summed E-state index contributed by atoms with van der Waals surface area (Å²) in [5.41, 5.74) is 0.380. The first-order valence-corrected chi connectivity index (χ1v) is 5.56. The molecule has 6 heteroatoms. The summed E-state index contributed by atoms with van der Waals surface area (Å²) in [5, 5.41) is 12.8. The molecule has 1 aromatic carbocycles. The Labute approximate surface area is 103 Å². The van der Waals surface area contributed by atoms with Gasteiger partial charge in [-0.05, 0) is 18.2 Å². The van der Waals surface area contributed by atoms with Crippen LogP contribution < -0.4 is 4.74 Å². The predicted molar refractivity (Wildman–Crippen MR) is 60.3 cm³/mol.